The van der Waals surface area contributed by atoms with Gasteiger partial charge in [0.05, 0.1) is 23.2 Å². The molecule has 3 rings (SSSR count). The zero-order chi connectivity index (χ0) is 18.5. The summed E-state index contributed by atoms with van der Waals surface area (Å²) in [7, 11) is 1.86. The Morgan fingerprint density at radius 1 is 1.31 bits per heavy atom. The van der Waals surface area contributed by atoms with Crippen LogP contribution in [0.3, 0.4) is 0 Å². The fourth-order valence-corrected chi connectivity index (χ4v) is 3.59. The number of benzene rings is 1. The first-order valence-electron chi connectivity index (χ1n) is 8.09. The van der Waals surface area contributed by atoms with E-state index in [2.05, 4.69) is 15.5 Å². The number of anilines is 1. The van der Waals surface area contributed by atoms with Crippen LogP contribution in [-0.4, -0.2) is 40.9 Å². The summed E-state index contributed by atoms with van der Waals surface area (Å²) in [6.07, 6.45) is 1.99. The van der Waals surface area contributed by atoms with Gasteiger partial charge in [-0.1, -0.05) is 18.2 Å². The molecule has 0 saturated carbocycles. The number of para-hydroxylation sites is 1. The van der Waals surface area contributed by atoms with Crippen LogP contribution in [0.1, 0.15) is 18.9 Å². The van der Waals surface area contributed by atoms with Gasteiger partial charge in [0.15, 0.2) is 0 Å². The number of rotatable bonds is 7. The number of carbonyl (C=O) groups is 1. The largest absolute Gasteiger partial charge is 0.418 e. The van der Waals surface area contributed by atoms with Crippen molar-refractivity contribution in [1.29, 1.82) is 0 Å². The van der Waals surface area contributed by atoms with Crippen molar-refractivity contribution in [3.63, 3.8) is 0 Å². The molecule has 1 atom stereocenters. The Kier molecular flexibility index (Phi) is 6.08. The van der Waals surface area contributed by atoms with E-state index in [-0.39, 0.29) is 18.5 Å². The van der Waals surface area contributed by atoms with Gasteiger partial charge < -0.3 is 9.73 Å². The highest BCUT2D eigenvalue weighted by atomic mass is 32.2. The molecule has 0 aliphatic heterocycles. The number of hydrogen-bond acceptors (Lipinski definition) is 7. The Balaban J connectivity index is 1.62. The third-order valence-corrected chi connectivity index (χ3v) is 5.62. The van der Waals surface area contributed by atoms with Crippen LogP contribution in [0.5, 0.6) is 0 Å². The van der Waals surface area contributed by atoms with Gasteiger partial charge in [-0.25, -0.2) is 0 Å². The minimum Gasteiger partial charge on any atom is -0.418 e. The van der Waals surface area contributed by atoms with E-state index < -0.39 is 0 Å². The highest BCUT2D eigenvalue weighted by molar-refractivity contribution is 7.98. The van der Waals surface area contributed by atoms with Crippen molar-refractivity contribution >= 4 is 34.7 Å². The van der Waals surface area contributed by atoms with E-state index >= 15 is 0 Å². The van der Waals surface area contributed by atoms with Crippen LogP contribution in [0, 0.1) is 0 Å². The van der Waals surface area contributed by atoms with Gasteiger partial charge in [-0.3, -0.25) is 9.69 Å². The lowest BCUT2D eigenvalue weighted by Gasteiger charge is -2.21. The number of likely N-dealkylation sites (N-methyl/N-ethyl adjacent to an activating group) is 1. The molecule has 1 amide bonds. The zero-order valence-electron chi connectivity index (χ0n) is 14.8. The van der Waals surface area contributed by atoms with E-state index in [0.29, 0.717) is 11.8 Å². The monoisotopic (exact) mass is 388 g/mol. The molecule has 0 spiro atoms. The molecular weight excluding hydrogens is 368 g/mol. The Morgan fingerprint density at radius 3 is 2.85 bits per heavy atom. The molecule has 0 aliphatic carbocycles. The second-order valence-electron chi connectivity index (χ2n) is 5.76. The molecule has 0 radical (unpaired) electrons. The van der Waals surface area contributed by atoms with Crippen molar-refractivity contribution in [3.05, 3.63) is 47.7 Å². The zero-order valence-corrected chi connectivity index (χ0v) is 16.4. The maximum atomic E-state index is 12.4. The fourth-order valence-electron chi connectivity index (χ4n) is 2.39. The molecule has 6 nitrogen and oxygen atoms in total. The first-order chi connectivity index (χ1) is 12.6. The van der Waals surface area contributed by atoms with E-state index in [1.165, 1.54) is 0 Å². The minimum atomic E-state index is -0.169. The normalized spacial score (nSPS) is 12.3. The van der Waals surface area contributed by atoms with E-state index in [9.17, 15) is 4.79 Å². The van der Waals surface area contributed by atoms with Crippen molar-refractivity contribution in [1.82, 2.24) is 15.1 Å². The van der Waals surface area contributed by atoms with Crippen molar-refractivity contribution in [2.24, 2.45) is 0 Å². The van der Waals surface area contributed by atoms with E-state index in [0.717, 1.165) is 15.5 Å². The number of aromatic nitrogens is 2. The van der Waals surface area contributed by atoms with Crippen molar-refractivity contribution in [2.45, 2.75) is 17.9 Å². The van der Waals surface area contributed by atoms with Crippen LogP contribution in [-0.2, 0) is 4.79 Å². The summed E-state index contributed by atoms with van der Waals surface area (Å²) in [6.45, 7) is 2.16. The average molecular weight is 389 g/mol. The van der Waals surface area contributed by atoms with E-state index in [1.54, 1.807) is 23.1 Å². The molecule has 1 aromatic carbocycles. The van der Waals surface area contributed by atoms with Crippen LogP contribution in [0.25, 0.3) is 10.8 Å². The van der Waals surface area contributed by atoms with Crippen LogP contribution in [0.2, 0.25) is 0 Å². The van der Waals surface area contributed by atoms with Gasteiger partial charge in [0.2, 0.25) is 11.8 Å². The van der Waals surface area contributed by atoms with Gasteiger partial charge in [-0.05, 0) is 43.8 Å². The van der Waals surface area contributed by atoms with Gasteiger partial charge in [-0.15, -0.1) is 33.3 Å². The predicted octanol–water partition coefficient (Wildman–Crippen LogP) is 4.15. The number of thiophene rings is 1. The summed E-state index contributed by atoms with van der Waals surface area (Å²) in [6, 6.07) is 11.5. The number of nitrogens with one attached hydrogen (secondary N) is 1. The highest BCUT2D eigenvalue weighted by Gasteiger charge is 2.21. The summed E-state index contributed by atoms with van der Waals surface area (Å²) in [5, 5.41) is 13.1. The summed E-state index contributed by atoms with van der Waals surface area (Å²) in [5.41, 5.74) is 0.823. The predicted molar refractivity (Wildman–Crippen MR) is 106 cm³/mol. The third-order valence-electron chi connectivity index (χ3n) is 3.97. The number of hydrogen-bond donors (Lipinski definition) is 1. The molecule has 8 heteroatoms. The summed E-state index contributed by atoms with van der Waals surface area (Å²) in [5.74, 6) is 0.917. The maximum Gasteiger partial charge on any atom is 0.257 e. The number of carbonyl (C=O) groups excluding carboxylic acids is 1. The SMILES string of the molecule is CSc1ccccc1NC(=O)CN(C)[C@H](C)c1nnc(-c2cccs2)o1. The van der Waals surface area contributed by atoms with E-state index in [1.807, 2.05) is 66.9 Å². The van der Waals surface area contributed by atoms with Crippen molar-refractivity contribution < 1.29 is 9.21 Å². The second kappa shape index (κ2) is 8.48. The maximum absolute atomic E-state index is 12.4. The van der Waals surface area contributed by atoms with Gasteiger partial charge in [0.1, 0.15) is 0 Å². The Hall–Kier alpha value is -2.16. The summed E-state index contributed by atoms with van der Waals surface area (Å²) in [4.78, 5) is 16.2. The van der Waals surface area contributed by atoms with Gasteiger partial charge in [-0.2, -0.15) is 0 Å². The standard InChI is InChI=1S/C18H20N4O2S2/c1-12(17-20-21-18(24-17)15-9-6-10-26-15)22(2)11-16(23)19-13-7-4-5-8-14(13)25-3/h4-10,12H,11H2,1-3H3,(H,19,23)/t12-/m1/s1. The van der Waals surface area contributed by atoms with E-state index in [4.69, 9.17) is 4.42 Å². The smallest absolute Gasteiger partial charge is 0.257 e. The molecule has 3 aromatic rings. The Morgan fingerprint density at radius 2 is 2.12 bits per heavy atom. The molecule has 0 fully saturated rings. The summed E-state index contributed by atoms with van der Waals surface area (Å²) < 4.78 is 5.76. The van der Waals surface area contributed by atoms with Gasteiger partial charge in [0.25, 0.3) is 5.89 Å². The van der Waals surface area contributed by atoms with Crippen LogP contribution < -0.4 is 5.32 Å². The molecule has 0 unspecified atom stereocenters. The minimum absolute atomic E-state index is 0.0844. The van der Waals surface area contributed by atoms with Gasteiger partial charge >= 0.3 is 0 Å². The fraction of sp³-hybridized carbons (Fsp3) is 0.278. The Labute approximate surface area is 160 Å². The molecular formula is C18H20N4O2S2. The molecule has 0 saturated heterocycles. The quantitative estimate of drug-likeness (QED) is 0.613. The molecule has 2 heterocycles. The van der Waals surface area contributed by atoms with Crippen LogP contribution >= 0.6 is 23.1 Å². The highest BCUT2D eigenvalue weighted by Crippen LogP contribution is 2.27. The molecule has 0 bridgehead atoms. The summed E-state index contributed by atoms with van der Waals surface area (Å²) >= 11 is 3.15. The number of nitrogens with zero attached hydrogens (tertiary/aromatic N) is 3. The lowest BCUT2D eigenvalue weighted by molar-refractivity contribution is -0.117. The molecule has 0 aliphatic rings. The second-order valence-corrected chi connectivity index (χ2v) is 7.56. The van der Waals surface area contributed by atoms with Gasteiger partial charge in [0, 0.05) is 4.90 Å². The molecule has 2 aromatic heterocycles. The first kappa shape index (κ1) is 18.6. The topological polar surface area (TPSA) is 71.3 Å². The van der Waals surface area contributed by atoms with Crippen LogP contribution in [0.4, 0.5) is 5.69 Å². The third kappa shape index (κ3) is 4.32. The molecule has 136 valence electrons. The lowest BCUT2D eigenvalue weighted by Crippen LogP contribution is -2.32. The lowest BCUT2D eigenvalue weighted by atomic mass is 10.3. The molecule has 26 heavy (non-hydrogen) atoms. The first-order valence-corrected chi connectivity index (χ1v) is 10.2. The molecule has 1 N–H and O–H groups in total. The Bertz CT molecular complexity index is 864. The van der Waals surface area contributed by atoms with Crippen molar-refractivity contribution in [2.75, 3.05) is 25.2 Å². The van der Waals surface area contributed by atoms with Crippen LogP contribution in [0.15, 0.2) is 51.1 Å². The average Bonchev–Trinajstić information content (AvgIpc) is 3.32. The number of thioether (sulfide) groups is 1. The number of amides is 1. The van der Waals surface area contributed by atoms with Crippen molar-refractivity contribution in [3.8, 4) is 10.8 Å².